The van der Waals surface area contributed by atoms with Gasteiger partial charge < -0.3 is 20.1 Å². The van der Waals surface area contributed by atoms with Crippen LogP contribution < -0.4 is 20.1 Å². The first-order valence-corrected chi connectivity index (χ1v) is 12.6. The highest BCUT2D eigenvalue weighted by Gasteiger charge is 2.22. The van der Waals surface area contributed by atoms with Crippen LogP contribution in [0.15, 0.2) is 17.1 Å². The SMILES string of the molecule is CCNC(=NCc1cc2c(cc1OCC)CC(C)O2)NCCN1CCS(=O)(=O)CC1. The van der Waals surface area contributed by atoms with E-state index in [2.05, 4.69) is 28.5 Å². The van der Waals surface area contributed by atoms with Crippen LogP contribution in [0.5, 0.6) is 11.5 Å². The fraction of sp³-hybridized carbons (Fsp3) is 0.667. The van der Waals surface area contributed by atoms with Crippen molar-refractivity contribution in [1.29, 1.82) is 0 Å². The Balaban J connectivity index is 1.59. The Morgan fingerprint density at radius 1 is 1.27 bits per heavy atom. The van der Waals surface area contributed by atoms with Crippen LogP contribution in [-0.2, 0) is 22.8 Å². The third kappa shape index (κ3) is 6.25. The maximum Gasteiger partial charge on any atom is 0.191 e. The highest BCUT2D eigenvalue weighted by Crippen LogP contribution is 2.35. The number of ether oxygens (including phenoxy) is 2. The minimum atomic E-state index is -2.84. The number of fused-ring (bicyclic) bond motifs is 1. The summed E-state index contributed by atoms with van der Waals surface area (Å²) >= 11 is 0. The zero-order chi connectivity index (χ0) is 21.6. The Kier molecular flexibility index (Phi) is 7.82. The molecule has 1 aromatic rings. The first kappa shape index (κ1) is 22.7. The van der Waals surface area contributed by atoms with Crippen molar-refractivity contribution in [2.45, 2.75) is 39.8 Å². The lowest BCUT2D eigenvalue weighted by atomic mass is 10.1. The molecule has 1 fully saturated rings. The zero-order valence-corrected chi connectivity index (χ0v) is 19.1. The highest BCUT2D eigenvalue weighted by atomic mass is 32.2. The minimum Gasteiger partial charge on any atom is -0.494 e. The van der Waals surface area contributed by atoms with Crippen molar-refractivity contribution in [3.8, 4) is 11.5 Å². The van der Waals surface area contributed by atoms with E-state index < -0.39 is 9.84 Å². The quantitative estimate of drug-likeness (QED) is 0.465. The largest absolute Gasteiger partial charge is 0.494 e. The maximum atomic E-state index is 11.6. The minimum absolute atomic E-state index is 0.192. The van der Waals surface area contributed by atoms with Crippen LogP contribution in [0.25, 0.3) is 0 Å². The number of hydrogen-bond acceptors (Lipinski definition) is 6. The molecule has 168 valence electrons. The van der Waals surface area contributed by atoms with Crippen LogP contribution in [0.4, 0.5) is 0 Å². The molecule has 0 aliphatic carbocycles. The predicted octanol–water partition coefficient (Wildman–Crippen LogP) is 1.19. The molecule has 1 saturated heterocycles. The van der Waals surface area contributed by atoms with Gasteiger partial charge in [0.1, 0.15) is 17.6 Å². The molecule has 2 N–H and O–H groups in total. The van der Waals surface area contributed by atoms with Gasteiger partial charge in [0.15, 0.2) is 15.8 Å². The molecule has 2 aliphatic rings. The average molecular weight is 439 g/mol. The van der Waals surface area contributed by atoms with Crippen molar-refractivity contribution < 1.29 is 17.9 Å². The van der Waals surface area contributed by atoms with Crippen LogP contribution in [0.3, 0.4) is 0 Å². The predicted molar refractivity (Wildman–Crippen MR) is 119 cm³/mol. The molecule has 0 amide bonds. The van der Waals surface area contributed by atoms with Crippen LogP contribution in [0.1, 0.15) is 31.9 Å². The molecule has 9 heteroatoms. The number of rotatable bonds is 8. The Morgan fingerprint density at radius 3 is 2.73 bits per heavy atom. The van der Waals surface area contributed by atoms with Crippen molar-refractivity contribution in [2.24, 2.45) is 4.99 Å². The summed E-state index contributed by atoms with van der Waals surface area (Å²) in [4.78, 5) is 6.89. The van der Waals surface area contributed by atoms with E-state index in [1.165, 1.54) is 5.56 Å². The normalized spacial score (nSPS) is 21.0. The highest BCUT2D eigenvalue weighted by molar-refractivity contribution is 7.91. The lowest BCUT2D eigenvalue weighted by Gasteiger charge is -2.26. The molecular weight excluding hydrogens is 404 g/mol. The van der Waals surface area contributed by atoms with E-state index >= 15 is 0 Å². The molecule has 2 heterocycles. The number of hydrogen-bond donors (Lipinski definition) is 2. The fourth-order valence-corrected chi connectivity index (χ4v) is 4.98. The van der Waals surface area contributed by atoms with E-state index in [1.807, 2.05) is 19.9 Å². The lowest BCUT2D eigenvalue weighted by molar-refractivity contribution is 0.254. The van der Waals surface area contributed by atoms with E-state index in [1.54, 1.807) is 0 Å². The summed E-state index contributed by atoms with van der Waals surface area (Å²) in [7, 11) is -2.84. The van der Waals surface area contributed by atoms with Gasteiger partial charge in [-0.1, -0.05) is 0 Å². The monoisotopic (exact) mass is 438 g/mol. The molecule has 1 aromatic carbocycles. The van der Waals surface area contributed by atoms with Gasteiger partial charge in [-0.25, -0.2) is 13.4 Å². The van der Waals surface area contributed by atoms with Gasteiger partial charge in [-0.05, 0) is 32.9 Å². The molecule has 0 saturated carbocycles. The third-order valence-electron chi connectivity index (χ3n) is 5.29. The molecule has 0 spiro atoms. The van der Waals surface area contributed by atoms with Gasteiger partial charge in [-0.15, -0.1) is 0 Å². The van der Waals surface area contributed by atoms with Crippen molar-refractivity contribution in [2.75, 3.05) is 50.8 Å². The molecule has 8 nitrogen and oxygen atoms in total. The summed E-state index contributed by atoms with van der Waals surface area (Å²) in [6.07, 6.45) is 1.10. The zero-order valence-electron chi connectivity index (χ0n) is 18.2. The molecule has 0 aromatic heterocycles. The number of benzene rings is 1. The van der Waals surface area contributed by atoms with Gasteiger partial charge in [-0.3, -0.25) is 4.90 Å². The molecule has 0 radical (unpaired) electrons. The Hall–Kier alpha value is -2.00. The van der Waals surface area contributed by atoms with Crippen LogP contribution in [-0.4, -0.2) is 76.2 Å². The molecule has 0 bridgehead atoms. The van der Waals surface area contributed by atoms with Crippen LogP contribution in [0.2, 0.25) is 0 Å². The first-order chi connectivity index (χ1) is 14.4. The number of nitrogens with one attached hydrogen (secondary N) is 2. The first-order valence-electron chi connectivity index (χ1n) is 10.8. The fourth-order valence-electron chi connectivity index (χ4n) is 3.71. The summed E-state index contributed by atoms with van der Waals surface area (Å²) in [5, 5.41) is 6.61. The smallest absolute Gasteiger partial charge is 0.191 e. The van der Waals surface area contributed by atoms with Gasteiger partial charge in [0.25, 0.3) is 0 Å². The third-order valence-corrected chi connectivity index (χ3v) is 6.90. The van der Waals surface area contributed by atoms with Crippen LogP contribution in [0, 0.1) is 0 Å². The number of aliphatic imine (C=N–C) groups is 1. The summed E-state index contributed by atoms with van der Waals surface area (Å²) < 4.78 is 34.9. The standard InChI is InChI=1S/C21H34N4O4S/c1-4-22-21(23-6-7-25-8-10-30(26,27)11-9-25)24-15-18-14-20-17(12-16(3)29-20)13-19(18)28-5-2/h13-14,16H,4-12,15H2,1-3H3,(H2,22,23,24). The van der Waals surface area contributed by atoms with Crippen molar-refractivity contribution in [3.05, 3.63) is 23.3 Å². The summed E-state index contributed by atoms with van der Waals surface area (Å²) in [6.45, 7) is 10.6. The van der Waals surface area contributed by atoms with E-state index in [-0.39, 0.29) is 17.6 Å². The lowest BCUT2D eigenvalue weighted by Crippen LogP contribution is -2.45. The van der Waals surface area contributed by atoms with E-state index in [4.69, 9.17) is 14.5 Å². The van der Waals surface area contributed by atoms with Gasteiger partial charge in [0.2, 0.25) is 0 Å². The topological polar surface area (TPSA) is 92.3 Å². The van der Waals surface area contributed by atoms with E-state index in [0.29, 0.717) is 32.8 Å². The molecule has 30 heavy (non-hydrogen) atoms. The summed E-state index contributed by atoms with van der Waals surface area (Å²) in [5.74, 6) is 3.03. The van der Waals surface area contributed by atoms with Gasteiger partial charge >= 0.3 is 0 Å². The van der Waals surface area contributed by atoms with Gasteiger partial charge in [0.05, 0.1) is 24.7 Å². The molecule has 2 aliphatic heterocycles. The van der Waals surface area contributed by atoms with Crippen molar-refractivity contribution >= 4 is 15.8 Å². The number of guanidine groups is 1. The Bertz CT molecular complexity index is 843. The maximum absolute atomic E-state index is 11.6. The molecule has 3 rings (SSSR count). The van der Waals surface area contributed by atoms with Crippen LogP contribution >= 0.6 is 0 Å². The summed E-state index contributed by atoms with van der Waals surface area (Å²) in [5.41, 5.74) is 2.19. The van der Waals surface area contributed by atoms with Gasteiger partial charge in [-0.2, -0.15) is 0 Å². The number of nitrogens with zero attached hydrogens (tertiary/aromatic N) is 2. The van der Waals surface area contributed by atoms with Gasteiger partial charge in [0, 0.05) is 50.3 Å². The Morgan fingerprint density at radius 2 is 2.03 bits per heavy atom. The van der Waals surface area contributed by atoms with E-state index in [9.17, 15) is 8.42 Å². The Labute approximate surface area is 180 Å². The van der Waals surface area contributed by atoms with Crippen molar-refractivity contribution in [3.63, 3.8) is 0 Å². The second-order valence-electron chi connectivity index (χ2n) is 7.75. The second-order valence-corrected chi connectivity index (χ2v) is 10.1. The average Bonchev–Trinajstić information content (AvgIpc) is 3.06. The van der Waals surface area contributed by atoms with E-state index in [0.717, 1.165) is 42.5 Å². The second kappa shape index (κ2) is 10.3. The van der Waals surface area contributed by atoms with Crippen molar-refractivity contribution in [1.82, 2.24) is 15.5 Å². The molecule has 1 atom stereocenters. The molecule has 1 unspecified atom stereocenters. The molecular formula is C21H34N4O4S. The number of sulfone groups is 1. The summed E-state index contributed by atoms with van der Waals surface area (Å²) in [6, 6.07) is 4.13.